The summed E-state index contributed by atoms with van der Waals surface area (Å²) in [4.78, 5) is 13.7. The smallest absolute Gasteiger partial charge is 0.280 e. The quantitative estimate of drug-likeness (QED) is 0.583. The minimum Gasteiger partial charge on any atom is -0.296 e. The van der Waals surface area contributed by atoms with Gasteiger partial charge < -0.3 is 0 Å². The number of nitrogens with zero attached hydrogens (tertiary/aromatic N) is 1. The van der Waals surface area contributed by atoms with Crippen molar-refractivity contribution in [2.75, 3.05) is 0 Å². The van der Waals surface area contributed by atoms with E-state index in [1.807, 2.05) is 0 Å². The van der Waals surface area contributed by atoms with Crippen LogP contribution in [-0.4, -0.2) is 11.3 Å². The Bertz CT molecular complexity index is 357. The lowest BCUT2D eigenvalue weighted by atomic mass is 10.2. The summed E-state index contributed by atoms with van der Waals surface area (Å²) in [5.74, 6) is -1.22. The molecule has 0 atom stereocenters. The van der Waals surface area contributed by atoms with E-state index in [2.05, 4.69) is 4.98 Å². The number of carbonyl (C=O) groups is 1. The van der Waals surface area contributed by atoms with Crippen LogP contribution in [0.4, 0.5) is 13.2 Å². The largest absolute Gasteiger partial charge is 0.296 e. The molecular weight excluding hydrogens is 219 g/mol. The van der Waals surface area contributed by atoms with Gasteiger partial charge in [-0.05, 0) is 0 Å². The van der Waals surface area contributed by atoms with E-state index in [9.17, 15) is 18.0 Å². The number of alkyl halides is 3. The molecule has 0 aromatic carbocycles. The van der Waals surface area contributed by atoms with Crippen LogP contribution in [0.3, 0.4) is 0 Å². The lowest BCUT2D eigenvalue weighted by Gasteiger charge is -2.05. The van der Waals surface area contributed by atoms with Crippen molar-refractivity contribution in [2.24, 2.45) is 0 Å². The van der Waals surface area contributed by atoms with Gasteiger partial charge in [0.2, 0.25) is 0 Å². The van der Waals surface area contributed by atoms with Gasteiger partial charge in [-0.3, -0.25) is 4.79 Å². The molecule has 1 heterocycles. The predicted octanol–water partition coefficient (Wildman–Crippen LogP) is 2.71. The molecule has 0 spiro atoms. The van der Waals surface area contributed by atoms with Crippen molar-refractivity contribution in [3.63, 3.8) is 0 Å². The van der Waals surface area contributed by atoms with Crippen LogP contribution in [0.2, 0.25) is 0 Å². The fourth-order valence-corrected chi connectivity index (χ4v) is 1.18. The van der Waals surface area contributed by atoms with Gasteiger partial charge in [0.05, 0.1) is 5.88 Å². The van der Waals surface area contributed by atoms with Crippen molar-refractivity contribution >= 4 is 17.9 Å². The molecule has 0 saturated carbocycles. The zero-order valence-corrected chi connectivity index (χ0v) is 7.56. The van der Waals surface area contributed by atoms with Crippen molar-refractivity contribution in [3.8, 4) is 0 Å². The SMILES string of the molecule is O=Cc1nc(C(F)F)cc(F)c1CCl. The Morgan fingerprint density at radius 3 is 2.64 bits per heavy atom. The Morgan fingerprint density at radius 2 is 2.21 bits per heavy atom. The molecular formula is C8H5ClF3NO. The molecule has 0 bridgehead atoms. The van der Waals surface area contributed by atoms with Crippen LogP contribution < -0.4 is 0 Å². The molecule has 1 aromatic rings. The third kappa shape index (κ3) is 2.04. The zero-order chi connectivity index (χ0) is 10.7. The number of halogens is 4. The molecule has 0 N–H and O–H groups in total. The lowest BCUT2D eigenvalue weighted by Crippen LogP contribution is -2.03. The third-order valence-corrected chi connectivity index (χ3v) is 1.86. The fourth-order valence-electron chi connectivity index (χ4n) is 0.920. The summed E-state index contributed by atoms with van der Waals surface area (Å²) in [6.45, 7) is 0. The van der Waals surface area contributed by atoms with Crippen molar-refractivity contribution in [2.45, 2.75) is 12.3 Å². The molecule has 0 amide bonds. The molecule has 0 fully saturated rings. The van der Waals surface area contributed by atoms with E-state index in [0.717, 1.165) is 0 Å². The van der Waals surface area contributed by atoms with Crippen molar-refractivity contribution in [1.29, 1.82) is 0 Å². The van der Waals surface area contributed by atoms with Crippen LogP contribution in [0.25, 0.3) is 0 Å². The molecule has 0 aliphatic carbocycles. The molecule has 14 heavy (non-hydrogen) atoms. The second kappa shape index (κ2) is 4.41. The highest BCUT2D eigenvalue weighted by Gasteiger charge is 2.16. The highest BCUT2D eigenvalue weighted by Crippen LogP contribution is 2.21. The highest BCUT2D eigenvalue weighted by atomic mass is 35.5. The highest BCUT2D eigenvalue weighted by molar-refractivity contribution is 6.17. The van der Waals surface area contributed by atoms with Crippen LogP contribution in [0.5, 0.6) is 0 Å². The van der Waals surface area contributed by atoms with Gasteiger partial charge in [-0.2, -0.15) is 0 Å². The van der Waals surface area contributed by atoms with E-state index < -0.39 is 17.9 Å². The summed E-state index contributed by atoms with van der Waals surface area (Å²) in [5, 5.41) is 0. The molecule has 0 saturated heterocycles. The van der Waals surface area contributed by atoms with Gasteiger partial charge in [-0.1, -0.05) is 0 Å². The Labute approximate surface area is 82.7 Å². The summed E-state index contributed by atoms with van der Waals surface area (Å²) < 4.78 is 37.3. The second-order valence-corrected chi connectivity index (χ2v) is 2.71. The minimum atomic E-state index is -2.91. The molecule has 6 heteroatoms. The Balaban J connectivity index is 3.31. The lowest BCUT2D eigenvalue weighted by molar-refractivity contribution is 0.111. The van der Waals surface area contributed by atoms with Crippen molar-refractivity contribution in [3.05, 3.63) is 28.8 Å². The van der Waals surface area contributed by atoms with Gasteiger partial charge in [0, 0.05) is 11.6 Å². The van der Waals surface area contributed by atoms with E-state index >= 15 is 0 Å². The summed E-state index contributed by atoms with van der Waals surface area (Å²) in [7, 11) is 0. The van der Waals surface area contributed by atoms with Crippen LogP contribution >= 0.6 is 11.6 Å². The topological polar surface area (TPSA) is 30.0 Å². The molecule has 1 aromatic heterocycles. The predicted molar refractivity (Wildman–Crippen MR) is 44.1 cm³/mol. The number of carbonyl (C=O) groups excluding carboxylic acids is 1. The molecule has 76 valence electrons. The minimum absolute atomic E-state index is 0.161. The van der Waals surface area contributed by atoms with E-state index in [-0.39, 0.29) is 23.4 Å². The molecule has 0 radical (unpaired) electrons. The van der Waals surface area contributed by atoms with Crippen molar-refractivity contribution < 1.29 is 18.0 Å². The maximum absolute atomic E-state index is 13.0. The average Bonchev–Trinajstić information content (AvgIpc) is 2.16. The van der Waals surface area contributed by atoms with Gasteiger partial charge in [0.1, 0.15) is 17.2 Å². The number of hydrogen-bond donors (Lipinski definition) is 0. The average molecular weight is 224 g/mol. The molecule has 2 nitrogen and oxygen atoms in total. The van der Waals surface area contributed by atoms with E-state index in [4.69, 9.17) is 11.6 Å². The first-order valence-electron chi connectivity index (χ1n) is 3.58. The Hall–Kier alpha value is -1.10. The van der Waals surface area contributed by atoms with Crippen molar-refractivity contribution in [1.82, 2.24) is 4.98 Å². The summed E-state index contributed by atoms with van der Waals surface area (Å²) in [6, 6.07) is 0.579. The fraction of sp³-hybridized carbons (Fsp3) is 0.250. The number of pyridine rings is 1. The monoisotopic (exact) mass is 223 g/mol. The van der Waals surface area contributed by atoms with Gasteiger partial charge >= 0.3 is 0 Å². The second-order valence-electron chi connectivity index (χ2n) is 2.44. The van der Waals surface area contributed by atoms with Gasteiger partial charge in [0.25, 0.3) is 6.43 Å². The van der Waals surface area contributed by atoms with Crippen LogP contribution in [-0.2, 0) is 5.88 Å². The maximum atomic E-state index is 13.0. The summed E-state index contributed by atoms with van der Waals surface area (Å²) in [5.41, 5.74) is -1.31. The van der Waals surface area contributed by atoms with Gasteiger partial charge in [-0.25, -0.2) is 18.2 Å². The molecule has 1 rings (SSSR count). The normalized spacial score (nSPS) is 10.6. The van der Waals surface area contributed by atoms with Crippen LogP contribution in [0.15, 0.2) is 6.07 Å². The first-order chi connectivity index (χ1) is 6.60. The number of aldehydes is 1. The number of rotatable bonds is 3. The Morgan fingerprint density at radius 1 is 1.57 bits per heavy atom. The molecule has 0 aliphatic rings. The van der Waals surface area contributed by atoms with Crippen LogP contribution in [0.1, 0.15) is 28.2 Å². The van der Waals surface area contributed by atoms with E-state index in [1.54, 1.807) is 0 Å². The maximum Gasteiger partial charge on any atom is 0.280 e. The molecule has 0 unspecified atom stereocenters. The number of aromatic nitrogens is 1. The van der Waals surface area contributed by atoms with E-state index in [1.165, 1.54) is 0 Å². The number of hydrogen-bond acceptors (Lipinski definition) is 2. The van der Waals surface area contributed by atoms with Crippen LogP contribution in [0, 0.1) is 5.82 Å². The first kappa shape index (κ1) is 11.0. The first-order valence-corrected chi connectivity index (χ1v) is 4.12. The third-order valence-electron chi connectivity index (χ3n) is 1.59. The zero-order valence-electron chi connectivity index (χ0n) is 6.81. The standard InChI is InChI=1S/C8H5ClF3NO/c9-2-4-5(10)1-6(8(11)12)13-7(4)3-14/h1,3,8H,2H2. The Kier molecular flexibility index (Phi) is 3.46. The molecule has 0 aliphatic heterocycles. The summed E-state index contributed by atoms with van der Waals surface area (Å²) >= 11 is 5.32. The van der Waals surface area contributed by atoms with Gasteiger partial charge in [-0.15, -0.1) is 11.6 Å². The van der Waals surface area contributed by atoms with Gasteiger partial charge in [0.15, 0.2) is 6.29 Å². The summed E-state index contributed by atoms with van der Waals surface area (Å²) in [6.07, 6.45) is -2.71. The van der Waals surface area contributed by atoms with E-state index in [0.29, 0.717) is 6.07 Å².